The molecule has 142 valence electrons. The van der Waals surface area contributed by atoms with E-state index < -0.39 is 16.1 Å². The standard InChI is InChI=1S/C18H24N2O5S/c1-13-11-14(7-8-18(13)26(19,22)23)15(21)12-20-9-10-25-17-6-4-3-5-16(17)24-2/h3-8,11,15,20-21H,9-10,12H2,1-2H3,(H2,19,22,23). The second-order valence-electron chi connectivity index (χ2n) is 5.79. The van der Waals surface area contributed by atoms with Crippen molar-refractivity contribution in [3.05, 3.63) is 53.6 Å². The maximum Gasteiger partial charge on any atom is 0.238 e. The Kier molecular flexibility index (Phi) is 6.98. The molecule has 0 fully saturated rings. The van der Waals surface area contributed by atoms with Gasteiger partial charge in [0.05, 0.1) is 18.1 Å². The third-order valence-corrected chi connectivity index (χ3v) is 4.90. The molecule has 2 aromatic carbocycles. The summed E-state index contributed by atoms with van der Waals surface area (Å²) in [5.41, 5.74) is 1.12. The van der Waals surface area contributed by atoms with Gasteiger partial charge in [-0.1, -0.05) is 24.3 Å². The number of sulfonamides is 1. The van der Waals surface area contributed by atoms with E-state index in [0.717, 1.165) is 0 Å². The molecule has 0 heterocycles. The number of hydrogen-bond donors (Lipinski definition) is 3. The lowest BCUT2D eigenvalue weighted by Crippen LogP contribution is -2.26. The molecule has 4 N–H and O–H groups in total. The van der Waals surface area contributed by atoms with Gasteiger partial charge in [0.15, 0.2) is 11.5 Å². The van der Waals surface area contributed by atoms with Gasteiger partial charge in [0, 0.05) is 13.1 Å². The van der Waals surface area contributed by atoms with E-state index in [2.05, 4.69) is 5.32 Å². The minimum absolute atomic E-state index is 0.0617. The zero-order chi connectivity index (χ0) is 19.2. The summed E-state index contributed by atoms with van der Waals surface area (Å²) in [5, 5.41) is 18.5. The van der Waals surface area contributed by atoms with E-state index in [0.29, 0.717) is 42.3 Å². The van der Waals surface area contributed by atoms with Crippen molar-refractivity contribution in [1.29, 1.82) is 0 Å². The van der Waals surface area contributed by atoms with Gasteiger partial charge in [-0.3, -0.25) is 0 Å². The number of benzene rings is 2. The topological polar surface area (TPSA) is 111 Å². The molecule has 0 radical (unpaired) electrons. The number of ether oxygens (including phenoxy) is 2. The first kappa shape index (κ1) is 20.2. The number of hydrogen-bond acceptors (Lipinski definition) is 6. The van der Waals surface area contributed by atoms with Crippen LogP contribution >= 0.6 is 0 Å². The second-order valence-corrected chi connectivity index (χ2v) is 7.32. The average Bonchev–Trinajstić information content (AvgIpc) is 2.60. The van der Waals surface area contributed by atoms with Crippen molar-refractivity contribution < 1.29 is 23.0 Å². The van der Waals surface area contributed by atoms with Gasteiger partial charge in [-0.25, -0.2) is 13.6 Å². The van der Waals surface area contributed by atoms with Crippen molar-refractivity contribution in [2.24, 2.45) is 5.14 Å². The zero-order valence-corrected chi connectivity index (χ0v) is 15.6. The Bertz CT molecular complexity index is 839. The van der Waals surface area contributed by atoms with E-state index in [9.17, 15) is 13.5 Å². The summed E-state index contributed by atoms with van der Waals surface area (Å²) in [7, 11) is -2.17. The van der Waals surface area contributed by atoms with Crippen LogP contribution in [0.2, 0.25) is 0 Å². The van der Waals surface area contributed by atoms with Crippen molar-refractivity contribution in [2.75, 3.05) is 26.8 Å². The molecule has 1 atom stereocenters. The van der Waals surface area contributed by atoms with Crippen molar-refractivity contribution >= 4 is 10.0 Å². The molecule has 0 saturated heterocycles. The quantitative estimate of drug-likeness (QED) is 0.567. The highest BCUT2D eigenvalue weighted by molar-refractivity contribution is 7.89. The SMILES string of the molecule is COc1ccccc1OCCNCC(O)c1ccc(S(N)(=O)=O)c(C)c1. The lowest BCUT2D eigenvalue weighted by Gasteiger charge is -2.15. The van der Waals surface area contributed by atoms with Crippen molar-refractivity contribution in [3.8, 4) is 11.5 Å². The summed E-state index contributed by atoms with van der Waals surface area (Å²) >= 11 is 0. The van der Waals surface area contributed by atoms with Crippen molar-refractivity contribution in [2.45, 2.75) is 17.9 Å². The van der Waals surface area contributed by atoms with E-state index in [1.165, 1.54) is 6.07 Å². The molecule has 0 aliphatic carbocycles. The molecule has 26 heavy (non-hydrogen) atoms. The van der Waals surface area contributed by atoms with Crippen LogP contribution in [0.3, 0.4) is 0 Å². The van der Waals surface area contributed by atoms with Gasteiger partial charge in [-0.15, -0.1) is 0 Å². The summed E-state index contributed by atoms with van der Waals surface area (Å²) in [6, 6.07) is 12.0. The van der Waals surface area contributed by atoms with Gasteiger partial charge < -0.3 is 19.9 Å². The summed E-state index contributed by atoms with van der Waals surface area (Å²) in [6.45, 7) is 2.90. The van der Waals surface area contributed by atoms with Gasteiger partial charge in [-0.05, 0) is 36.2 Å². The normalized spacial score (nSPS) is 12.6. The van der Waals surface area contributed by atoms with Crippen LogP contribution in [0.5, 0.6) is 11.5 Å². The molecule has 7 nitrogen and oxygen atoms in total. The number of rotatable bonds is 9. The maximum atomic E-state index is 11.4. The molecular formula is C18H24N2O5S. The molecule has 0 spiro atoms. The Balaban J connectivity index is 1.82. The molecule has 1 unspecified atom stereocenters. The highest BCUT2D eigenvalue weighted by atomic mass is 32.2. The van der Waals surface area contributed by atoms with Crippen LogP contribution in [0.1, 0.15) is 17.2 Å². The van der Waals surface area contributed by atoms with Crippen molar-refractivity contribution in [3.63, 3.8) is 0 Å². The van der Waals surface area contributed by atoms with Crippen LogP contribution in [0, 0.1) is 6.92 Å². The summed E-state index contributed by atoms with van der Waals surface area (Å²) < 4.78 is 33.7. The lowest BCUT2D eigenvalue weighted by atomic mass is 10.1. The first-order valence-corrected chi connectivity index (χ1v) is 9.65. The van der Waals surface area contributed by atoms with Crippen LogP contribution in [0.25, 0.3) is 0 Å². The Labute approximate surface area is 153 Å². The molecular weight excluding hydrogens is 356 g/mol. The minimum atomic E-state index is -3.76. The lowest BCUT2D eigenvalue weighted by molar-refractivity contribution is 0.171. The van der Waals surface area contributed by atoms with E-state index in [4.69, 9.17) is 14.6 Å². The Morgan fingerprint density at radius 3 is 2.50 bits per heavy atom. The third-order valence-electron chi connectivity index (χ3n) is 3.83. The van der Waals surface area contributed by atoms with Gasteiger partial charge in [0.25, 0.3) is 0 Å². The first-order valence-electron chi connectivity index (χ1n) is 8.11. The van der Waals surface area contributed by atoms with Gasteiger partial charge in [0.2, 0.25) is 10.0 Å². The number of methoxy groups -OCH3 is 1. The number of nitrogens with one attached hydrogen (secondary N) is 1. The molecule has 0 aliphatic rings. The van der Waals surface area contributed by atoms with E-state index in [1.807, 2.05) is 24.3 Å². The van der Waals surface area contributed by atoms with Crippen molar-refractivity contribution in [1.82, 2.24) is 5.32 Å². The average molecular weight is 380 g/mol. The zero-order valence-electron chi connectivity index (χ0n) is 14.8. The van der Waals surface area contributed by atoms with Crippen LogP contribution < -0.4 is 19.9 Å². The fraction of sp³-hybridized carbons (Fsp3) is 0.333. The number of para-hydroxylation sites is 2. The molecule has 0 bridgehead atoms. The summed E-state index contributed by atoms with van der Waals surface area (Å²) in [6.07, 6.45) is -0.769. The second kappa shape index (κ2) is 9.00. The predicted octanol–water partition coefficient (Wildman–Crippen LogP) is 1.35. The number of aryl methyl sites for hydroxylation is 1. The highest BCUT2D eigenvalue weighted by Crippen LogP contribution is 2.25. The summed E-state index contributed by atoms with van der Waals surface area (Å²) in [5.74, 6) is 1.32. The van der Waals surface area contributed by atoms with E-state index >= 15 is 0 Å². The predicted molar refractivity (Wildman–Crippen MR) is 98.9 cm³/mol. The first-order chi connectivity index (χ1) is 12.3. The fourth-order valence-corrected chi connectivity index (χ4v) is 3.29. The number of aliphatic hydroxyl groups excluding tert-OH is 1. The van der Waals surface area contributed by atoms with Crippen LogP contribution in [-0.4, -0.2) is 40.3 Å². The van der Waals surface area contributed by atoms with E-state index in [1.54, 1.807) is 26.2 Å². The van der Waals surface area contributed by atoms with Crippen LogP contribution in [-0.2, 0) is 10.0 Å². The highest BCUT2D eigenvalue weighted by Gasteiger charge is 2.14. The third kappa shape index (κ3) is 5.43. The minimum Gasteiger partial charge on any atom is -0.493 e. The Hall–Kier alpha value is -2.13. The molecule has 8 heteroatoms. The summed E-state index contributed by atoms with van der Waals surface area (Å²) in [4.78, 5) is 0.0617. The smallest absolute Gasteiger partial charge is 0.238 e. The largest absolute Gasteiger partial charge is 0.493 e. The molecule has 2 aromatic rings. The van der Waals surface area contributed by atoms with Gasteiger partial charge in [0.1, 0.15) is 6.61 Å². The molecule has 0 saturated carbocycles. The molecule has 0 aromatic heterocycles. The van der Waals surface area contributed by atoms with Crippen LogP contribution in [0.4, 0.5) is 0 Å². The number of nitrogens with two attached hydrogens (primary N) is 1. The number of aliphatic hydroxyl groups is 1. The maximum absolute atomic E-state index is 11.4. The molecule has 2 rings (SSSR count). The Morgan fingerprint density at radius 1 is 1.19 bits per heavy atom. The Morgan fingerprint density at radius 2 is 1.88 bits per heavy atom. The monoisotopic (exact) mass is 380 g/mol. The molecule has 0 aliphatic heterocycles. The fourth-order valence-electron chi connectivity index (χ4n) is 2.53. The van der Waals surface area contributed by atoms with E-state index in [-0.39, 0.29) is 4.90 Å². The van der Waals surface area contributed by atoms with Crippen LogP contribution in [0.15, 0.2) is 47.4 Å². The molecule has 0 amide bonds. The van der Waals surface area contributed by atoms with Gasteiger partial charge in [-0.2, -0.15) is 0 Å². The number of primary sulfonamides is 1. The van der Waals surface area contributed by atoms with Gasteiger partial charge >= 0.3 is 0 Å².